The molecule has 1 aromatic carbocycles. The molecule has 106 valence electrons. The largest absolute Gasteiger partial charge is 0.497 e. The van der Waals surface area contributed by atoms with E-state index in [1.807, 2.05) is 0 Å². The summed E-state index contributed by atoms with van der Waals surface area (Å²) in [4.78, 5) is 10.6. The number of benzene rings is 1. The van der Waals surface area contributed by atoms with Gasteiger partial charge >= 0.3 is 5.97 Å². The van der Waals surface area contributed by atoms with Crippen LogP contribution in [0.4, 0.5) is 0 Å². The first-order valence-corrected chi connectivity index (χ1v) is 7.35. The molecule has 19 heavy (non-hydrogen) atoms. The second-order valence-corrected chi connectivity index (χ2v) is 5.97. The third-order valence-corrected chi connectivity index (χ3v) is 3.97. The first-order chi connectivity index (χ1) is 8.84. The van der Waals surface area contributed by atoms with E-state index in [9.17, 15) is 13.2 Å². The maximum absolute atomic E-state index is 11.7. The SMILES string of the molecule is COc1cccc(CCS(=O)(=O)N[C@H](C)C(=O)O)c1. The van der Waals surface area contributed by atoms with Gasteiger partial charge in [-0.15, -0.1) is 0 Å². The van der Waals surface area contributed by atoms with Crippen molar-refractivity contribution in [2.24, 2.45) is 0 Å². The Morgan fingerprint density at radius 3 is 2.74 bits per heavy atom. The van der Waals surface area contributed by atoms with Gasteiger partial charge in [0.2, 0.25) is 10.0 Å². The number of methoxy groups -OCH3 is 1. The standard InChI is InChI=1S/C12H17NO5S/c1-9(12(14)15)13-19(16,17)7-6-10-4-3-5-11(8-10)18-2/h3-5,8-9,13H,6-7H2,1-2H3,(H,14,15)/t9-/m1/s1. The second-order valence-electron chi connectivity index (χ2n) is 4.10. The van der Waals surface area contributed by atoms with Crippen LogP contribution in [0.1, 0.15) is 12.5 Å². The molecule has 0 heterocycles. The van der Waals surface area contributed by atoms with E-state index in [0.717, 1.165) is 5.56 Å². The van der Waals surface area contributed by atoms with Crippen LogP contribution in [0.15, 0.2) is 24.3 Å². The highest BCUT2D eigenvalue weighted by Crippen LogP contribution is 2.13. The zero-order valence-corrected chi connectivity index (χ0v) is 11.6. The summed E-state index contributed by atoms with van der Waals surface area (Å²) in [6, 6.07) is 5.95. The van der Waals surface area contributed by atoms with Crippen LogP contribution in [0.2, 0.25) is 0 Å². The number of nitrogens with one attached hydrogen (secondary N) is 1. The van der Waals surface area contributed by atoms with Crippen molar-refractivity contribution in [3.8, 4) is 5.75 Å². The molecule has 2 N–H and O–H groups in total. The van der Waals surface area contributed by atoms with Gasteiger partial charge in [0, 0.05) is 0 Å². The van der Waals surface area contributed by atoms with Crippen LogP contribution in [0.5, 0.6) is 5.75 Å². The molecule has 0 fully saturated rings. The summed E-state index contributed by atoms with van der Waals surface area (Å²) in [7, 11) is -2.08. The van der Waals surface area contributed by atoms with E-state index >= 15 is 0 Å². The number of hydrogen-bond donors (Lipinski definition) is 2. The number of carbonyl (C=O) groups is 1. The molecule has 0 saturated carbocycles. The molecule has 0 amide bonds. The lowest BCUT2D eigenvalue weighted by molar-refractivity contribution is -0.138. The summed E-state index contributed by atoms with van der Waals surface area (Å²) in [5.41, 5.74) is 0.813. The zero-order valence-electron chi connectivity index (χ0n) is 10.8. The molecule has 0 spiro atoms. The van der Waals surface area contributed by atoms with E-state index < -0.39 is 22.0 Å². The molecule has 0 saturated heterocycles. The van der Waals surface area contributed by atoms with Crippen molar-refractivity contribution in [1.82, 2.24) is 4.72 Å². The Kier molecular flexibility index (Phi) is 5.31. The lowest BCUT2D eigenvalue weighted by Crippen LogP contribution is -2.39. The van der Waals surface area contributed by atoms with Gasteiger partial charge in [-0.25, -0.2) is 13.1 Å². The van der Waals surface area contributed by atoms with E-state index in [4.69, 9.17) is 9.84 Å². The molecule has 0 aliphatic carbocycles. The quantitative estimate of drug-likeness (QED) is 0.767. The number of aliphatic carboxylic acids is 1. The molecular weight excluding hydrogens is 270 g/mol. The zero-order chi connectivity index (χ0) is 14.5. The molecule has 1 atom stereocenters. The van der Waals surface area contributed by atoms with E-state index in [0.29, 0.717) is 12.2 Å². The maximum Gasteiger partial charge on any atom is 0.321 e. The van der Waals surface area contributed by atoms with Gasteiger partial charge in [-0.05, 0) is 31.0 Å². The summed E-state index contributed by atoms with van der Waals surface area (Å²) in [6.45, 7) is 1.28. The molecule has 1 aromatic rings. The third kappa shape index (κ3) is 5.27. The van der Waals surface area contributed by atoms with Crippen molar-refractivity contribution >= 4 is 16.0 Å². The fraction of sp³-hybridized carbons (Fsp3) is 0.417. The number of sulfonamides is 1. The molecule has 0 aromatic heterocycles. The van der Waals surface area contributed by atoms with Gasteiger partial charge in [0.15, 0.2) is 0 Å². The summed E-state index contributed by atoms with van der Waals surface area (Å²) >= 11 is 0. The lowest BCUT2D eigenvalue weighted by atomic mass is 10.2. The average molecular weight is 287 g/mol. The Labute approximate surface area is 112 Å². The molecule has 0 unspecified atom stereocenters. The average Bonchev–Trinajstić information content (AvgIpc) is 2.36. The van der Waals surface area contributed by atoms with Gasteiger partial charge in [-0.3, -0.25) is 4.79 Å². The van der Waals surface area contributed by atoms with Crippen molar-refractivity contribution in [2.45, 2.75) is 19.4 Å². The number of rotatable bonds is 7. The highest BCUT2D eigenvalue weighted by molar-refractivity contribution is 7.89. The Morgan fingerprint density at radius 1 is 1.47 bits per heavy atom. The molecular formula is C12H17NO5S. The molecule has 0 radical (unpaired) electrons. The van der Waals surface area contributed by atoms with Crippen LogP contribution < -0.4 is 9.46 Å². The van der Waals surface area contributed by atoms with Crippen LogP contribution in [-0.2, 0) is 21.2 Å². The molecule has 0 aliphatic heterocycles. The van der Waals surface area contributed by atoms with E-state index in [2.05, 4.69) is 4.72 Å². The molecule has 6 nitrogen and oxygen atoms in total. The van der Waals surface area contributed by atoms with E-state index in [1.165, 1.54) is 14.0 Å². The molecule has 0 aliphatic rings. The fourth-order valence-electron chi connectivity index (χ4n) is 1.46. The van der Waals surface area contributed by atoms with Crippen LogP contribution in [0.25, 0.3) is 0 Å². The van der Waals surface area contributed by atoms with Crippen molar-refractivity contribution in [1.29, 1.82) is 0 Å². The van der Waals surface area contributed by atoms with Crippen LogP contribution in [-0.4, -0.2) is 38.4 Å². The molecule has 1 rings (SSSR count). The van der Waals surface area contributed by atoms with Gasteiger partial charge in [0.25, 0.3) is 0 Å². The second kappa shape index (κ2) is 6.53. The normalized spacial score (nSPS) is 12.9. The van der Waals surface area contributed by atoms with Gasteiger partial charge in [0.05, 0.1) is 12.9 Å². The summed E-state index contributed by atoms with van der Waals surface area (Å²) in [5, 5.41) is 8.66. The van der Waals surface area contributed by atoms with Gasteiger partial charge in [-0.1, -0.05) is 12.1 Å². The first kappa shape index (κ1) is 15.5. The monoisotopic (exact) mass is 287 g/mol. The van der Waals surface area contributed by atoms with E-state index in [1.54, 1.807) is 24.3 Å². The Morgan fingerprint density at radius 2 is 2.16 bits per heavy atom. The topological polar surface area (TPSA) is 92.7 Å². The minimum atomic E-state index is -3.62. The van der Waals surface area contributed by atoms with Gasteiger partial charge in [0.1, 0.15) is 11.8 Å². The van der Waals surface area contributed by atoms with Crippen molar-refractivity contribution in [2.75, 3.05) is 12.9 Å². The third-order valence-electron chi connectivity index (χ3n) is 2.52. The summed E-state index contributed by atoms with van der Waals surface area (Å²) < 4.78 is 30.5. The highest BCUT2D eigenvalue weighted by Gasteiger charge is 2.19. The molecule has 7 heteroatoms. The number of carboxylic acid groups (broad SMARTS) is 1. The minimum Gasteiger partial charge on any atom is -0.497 e. The van der Waals surface area contributed by atoms with Crippen LogP contribution >= 0.6 is 0 Å². The number of carboxylic acids is 1. The van der Waals surface area contributed by atoms with Crippen molar-refractivity contribution in [3.63, 3.8) is 0 Å². The fourth-order valence-corrected chi connectivity index (χ4v) is 2.72. The van der Waals surface area contributed by atoms with E-state index in [-0.39, 0.29) is 5.75 Å². The Hall–Kier alpha value is -1.60. The maximum atomic E-state index is 11.7. The minimum absolute atomic E-state index is 0.169. The summed E-state index contributed by atoms with van der Waals surface area (Å²) in [6.07, 6.45) is 0.291. The van der Waals surface area contributed by atoms with Gasteiger partial charge in [-0.2, -0.15) is 0 Å². The number of ether oxygens (including phenoxy) is 1. The van der Waals surface area contributed by atoms with Crippen LogP contribution in [0.3, 0.4) is 0 Å². The smallest absolute Gasteiger partial charge is 0.321 e. The van der Waals surface area contributed by atoms with Gasteiger partial charge < -0.3 is 9.84 Å². The number of aryl methyl sites for hydroxylation is 1. The van der Waals surface area contributed by atoms with Crippen molar-refractivity contribution < 1.29 is 23.1 Å². The molecule has 0 bridgehead atoms. The predicted molar refractivity (Wildman–Crippen MR) is 70.7 cm³/mol. The lowest BCUT2D eigenvalue weighted by Gasteiger charge is -2.10. The highest BCUT2D eigenvalue weighted by atomic mass is 32.2. The Balaban J connectivity index is 2.62. The van der Waals surface area contributed by atoms with Crippen molar-refractivity contribution in [3.05, 3.63) is 29.8 Å². The Bertz CT molecular complexity index is 541. The predicted octanol–water partition coefficient (Wildman–Crippen LogP) is 0.630. The first-order valence-electron chi connectivity index (χ1n) is 5.70. The number of hydrogen-bond acceptors (Lipinski definition) is 4. The summed E-state index contributed by atoms with van der Waals surface area (Å²) in [5.74, 6) is -0.718. The van der Waals surface area contributed by atoms with Crippen LogP contribution in [0, 0.1) is 0 Å².